The van der Waals surface area contributed by atoms with E-state index in [2.05, 4.69) is 27.6 Å². The van der Waals surface area contributed by atoms with Gasteiger partial charge in [0.2, 0.25) is 0 Å². The third-order valence-corrected chi connectivity index (χ3v) is 3.63. The van der Waals surface area contributed by atoms with Gasteiger partial charge in [-0.05, 0) is 51.3 Å². The Balaban J connectivity index is 1.87. The molecule has 0 bridgehead atoms. The molecule has 0 saturated carbocycles. The van der Waals surface area contributed by atoms with E-state index in [0.717, 1.165) is 18.7 Å². The number of benzene rings is 1. The van der Waals surface area contributed by atoms with E-state index in [9.17, 15) is 4.79 Å². The number of anilines is 1. The van der Waals surface area contributed by atoms with E-state index in [-0.39, 0.29) is 0 Å². The second-order valence-electron chi connectivity index (χ2n) is 6.86. The number of nitrogens with one attached hydrogen (secondary N) is 1. The van der Waals surface area contributed by atoms with Crippen molar-refractivity contribution < 1.29 is 9.53 Å². The number of carbonyl (C=O) groups is 1. The summed E-state index contributed by atoms with van der Waals surface area (Å²) in [5, 5.41) is 3.92. The first-order valence-corrected chi connectivity index (χ1v) is 8.31. The molecule has 0 aromatic heterocycles. The minimum Gasteiger partial charge on any atom is -0.443 e. The van der Waals surface area contributed by atoms with Gasteiger partial charge in [0.15, 0.2) is 0 Å². The first-order valence-electron chi connectivity index (χ1n) is 8.31. The Labute approximate surface area is 138 Å². The summed E-state index contributed by atoms with van der Waals surface area (Å²) in [6.45, 7) is 7.72. The Morgan fingerprint density at radius 3 is 2.30 bits per heavy atom. The molecule has 5 nitrogen and oxygen atoms in total. The van der Waals surface area contributed by atoms with Crippen molar-refractivity contribution in [2.24, 2.45) is 5.10 Å². The molecule has 1 heterocycles. The maximum Gasteiger partial charge on any atom is 0.428 e. The van der Waals surface area contributed by atoms with Gasteiger partial charge >= 0.3 is 6.09 Å². The van der Waals surface area contributed by atoms with E-state index in [1.54, 1.807) is 6.21 Å². The van der Waals surface area contributed by atoms with E-state index in [4.69, 9.17) is 4.74 Å². The van der Waals surface area contributed by atoms with Crippen LogP contribution < -0.4 is 10.3 Å². The SMILES string of the molecule is CC(C)(C)OC(=O)N/N=C\c1ccc(N2CCCCCC2)cc1. The molecular formula is C18H27N3O2. The third kappa shape index (κ3) is 6.30. The van der Waals surface area contributed by atoms with Crippen molar-refractivity contribution in [1.82, 2.24) is 5.43 Å². The van der Waals surface area contributed by atoms with Crippen molar-refractivity contribution in [3.63, 3.8) is 0 Å². The number of hydrazone groups is 1. The Kier molecular flexibility index (Phi) is 6.02. The molecule has 23 heavy (non-hydrogen) atoms. The molecule has 1 fully saturated rings. The number of hydrogen-bond donors (Lipinski definition) is 1. The zero-order chi connectivity index (χ0) is 16.7. The summed E-state index contributed by atoms with van der Waals surface area (Å²) in [6, 6.07) is 8.25. The topological polar surface area (TPSA) is 53.9 Å². The van der Waals surface area contributed by atoms with Gasteiger partial charge in [-0.1, -0.05) is 25.0 Å². The van der Waals surface area contributed by atoms with Gasteiger partial charge in [0, 0.05) is 18.8 Å². The summed E-state index contributed by atoms with van der Waals surface area (Å²) in [7, 11) is 0. The van der Waals surface area contributed by atoms with Crippen LogP contribution in [0.25, 0.3) is 0 Å². The highest BCUT2D eigenvalue weighted by atomic mass is 16.6. The molecule has 0 aliphatic carbocycles. The molecule has 0 spiro atoms. The summed E-state index contributed by atoms with van der Waals surface area (Å²) in [5.41, 5.74) is 4.05. The first kappa shape index (κ1) is 17.3. The second kappa shape index (κ2) is 7.99. The molecule has 1 aromatic carbocycles. The van der Waals surface area contributed by atoms with Gasteiger partial charge in [-0.15, -0.1) is 0 Å². The number of hydrogen-bond acceptors (Lipinski definition) is 4. The van der Waals surface area contributed by atoms with Crippen molar-refractivity contribution in [2.45, 2.75) is 52.1 Å². The molecule has 1 saturated heterocycles. The lowest BCUT2D eigenvalue weighted by molar-refractivity contribution is 0.0529. The minimum absolute atomic E-state index is 0.519. The molecule has 2 rings (SSSR count). The fourth-order valence-electron chi connectivity index (χ4n) is 2.56. The van der Waals surface area contributed by atoms with E-state index in [1.807, 2.05) is 32.9 Å². The quantitative estimate of drug-likeness (QED) is 0.679. The summed E-state index contributed by atoms with van der Waals surface area (Å²) in [6.07, 6.45) is 6.27. The Hall–Kier alpha value is -2.04. The summed E-state index contributed by atoms with van der Waals surface area (Å²) in [5.74, 6) is 0. The zero-order valence-corrected chi connectivity index (χ0v) is 14.3. The smallest absolute Gasteiger partial charge is 0.428 e. The van der Waals surface area contributed by atoms with Crippen LogP contribution in [0.3, 0.4) is 0 Å². The Morgan fingerprint density at radius 1 is 1.13 bits per heavy atom. The lowest BCUT2D eigenvalue weighted by Crippen LogP contribution is -2.29. The van der Waals surface area contributed by atoms with Crippen LogP contribution in [-0.4, -0.2) is 31.0 Å². The predicted molar refractivity (Wildman–Crippen MR) is 94.1 cm³/mol. The molecule has 1 amide bonds. The number of nitrogens with zero attached hydrogens (tertiary/aromatic N) is 2. The second-order valence-corrected chi connectivity index (χ2v) is 6.86. The van der Waals surface area contributed by atoms with Crippen LogP contribution in [0.1, 0.15) is 52.0 Å². The van der Waals surface area contributed by atoms with E-state index in [1.165, 1.54) is 31.4 Å². The summed E-state index contributed by atoms with van der Waals surface area (Å²) < 4.78 is 5.12. The van der Waals surface area contributed by atoms with Gasteiger partial charge in [-0.25, -0.2) is 10.2 Å². The minimum atomic E-state index is -0.546. The van der Waals surface area contributed by atoms with Gasteiger partial charge in [0.1, 0.15) is 5.60 Å². The van der Waals surface area contributed by atoms with Crippen LogP contribution in [0.15, 0.2) is 29.4 Å². The standard InChI is InChI=1S/C18H27N3O2/c1-18(2,3)23-17(22)20-19-14-15-8-10-16(11-9-15)21-12-6-4-5-7-13-21/h8-11,14H,4-7,12-13H2,1-3H3,(H,20,22)/b19-14-. The van der Waals surface area contributed by atoms with Gasteiger partial charge in [-0.2, -0.15) is 5.10 Å². The number of rotatable bonds is 3. The van der Waals surface area contributed by atoms with Gasteiger partial charge in [0.05, 0.1) is 6.21 Å². The van der Waals surface area contributed by atoms with Crippen molar-refractivity contribution in [3.05, 3.63) is 29.8 Å². The molecule has 1 aliphatic heterocycles. The largest absolute Gasteiger partial charge is 0.443 e. The Morgan fingerprint density at radius 2 is 1.74 bits per heavy atom. The first-order chi connectivity index (χ1) is 10.9. The highest BCUT2D eigenvalue weighted by molar-refractivity contribution is 5.81. The van der Waals surface area contributed by atoms with Crippen molar-refractivity contribution >= 4 is 18.0 Å². The van der Waals surface area contributed by atoms with E-state index < -0.39 is 11.7 Å². The third-order valence-electron chi connectivity index (χ3n) is 3.63. The van der Waals surface area contributed by atoms with Crippen molar-refractivity contribution in [1.29, 1.82) is 0 Å². The fraction of sp³-hybridized carbons (Fsp3) is 0.556. The summed E-state index contributed by atoms with van der Waals surface area (Å²) >= 11 is 0. The number of amides is 1. The molecule has 1 aromatic rings. The molecular weight excluding hydrogens is 290 g/mol. The van der Waals surface area contributed by atoms with E-state index >= 15 is 0 Å². The lowest BCUT2D eigenvalue weighted by Gasteiger charge is -2.22. The van der Waals surface area contributed by atoms with Gasteiger partial charge in [-0.3, -0.25) is 0 Å². The van der Waals surface area contributed by atoms with Crippen LogP contribution in [-0.2, 0) is 4.74 Å². The maximum absolute atomic E-state index is 11.5. The summed E-state index contributed by atoms with van der Waals surface area (Å²) in [4.78, 5) is 13.9. The van der Waals surface area contributed by atoms with Gasteiger partial charge < -0.3 is 9.64 Å². The average molecular weight is 317 g/mol. The van der Waals surface area contributed by atoms with Crippen LogP contribution in [0.4, 0.5) is 10.5 Å². The molecule has 5 heteroatoms. The highest BCUT2D eigenvalue weighted by Gasteiger charge is 2.15. The van der Waals surface area contributed by atoms with Gasteiger partial charge in [0.25, 0.3) is 0 Å². The van der Waals surface area contributed by atoms with Crippen molar-refractivity contribution in [2.75, 3.05) is 18.0 Å². The van der Waals surface area contributed by atoms with Crippen LogP contribution in [0, 0.1) is 0 Å². The molecule has 1 aliphatic rings. The molecule has 0 radical (unpaired) electrons. The number of carbonyl (C=O) groups excluding carboxylic acids is 1. The highest BCUT2D eigenvalue weighted by Crippen LogP contribution is 2.19. The van der Waals surface area contributed by atoms with Crippen LogP contribution in [0.5, 0.6) is 0 Å². The molecule has 0 atom stereocenters. The van der Waals surface area contributed by atoms with E-state index in [0.29, 0.717) is 0 Å². The lowest BCUT2D eigenvalue weighted by atomic mass is 10.2. The van der Waals surface area contributed by atoms with Crippen LogP contribution >= 0.6 is 0 Å². The van der Waals surface area contributed by atoms with Crippen LogP contribution in [0.2, 0.25) is 0 Å². The fourth-order valence-corrected chi connectivity index (χ4v) is 2.56. The monoisotopic (exact) mass is 317 g/mol. The molecule has 0 unspecified atom stereocenters. The normalized spacial score (nSPS) is 16.2. The molecule has 126 valence electrons. The number of ether oxygens (including phenoxy) is 1. The zero-order valence-electron chi connectivity index (χ0n) is 14.3. The predicted octanol–water partition coefficient (Wildman–Crippen LogP) is 3.93. The Bertz CT molecular complexity index is 524. The maximum atomic E-state index is 11.5. The molecule has 1 N–H and O–H groups in total. The average Bonchev–Trinajstić information content (AvgIpc) is 2.75. The van der Waals surface area contributed by atoms with Crippen molar-refractivity contribution in [3.8, 4) is 0 Å².